The Morgan fingerprint density at radius 2 is 2.11 bits per heavy atom. The van der Waals surface area contributed by atoms with Gasteiger partial charge in [-0.1, -0.05) is 19.1 Å². The van der Waals surface area contributed by atoms with Crippen molar-refractivity contribution in [1.29, 1.82) is 0 Å². The Morgan fingerprint density at radius 3 is 2.72 bits per heavy atom. The predicted molar refractivity (Wildman–Crippen MR) is 73.1 cm³/mol. The van der Waals surface area contributed by atoms with Crippen LogP contribution in [-0.2, 0) is 4.74 Å². The van der Waals surface area contributed by atoms with E-state index >= 15 is 0 Å². The smallest absolute Gasteiger partial charge is 0.123 e. The maximum atomic E-state index is 13.3. The van der Waals surface area contributed by atoms with Gasteiger partial charge in [-0.2, -0.15) is 0 Å². The lowest BCUT2D eigenvalue weighted by atomic mass is 10.00. The number of hydrogen-bond donors (Lipinski definition) is 1. The third kappa shape index (κ3) is 5.15. The lowest BCUT2D eigenvalue weighted by Crippen LogP contribution is -2.23. The molecule has 1 rings (SSSR count). The molecule has 2 unspecified atom stereocenters. The fourth-order valence-corrected chi connectivity index (χ4v) is 1.95. The van der Waals surface area contributed by atoms with Crippen LogP contribution in [0.15, 0.2) is 24.3 Å². The molecule has 3 heteroatoms. The second-order valence-corrected chi connectivity index (χ2v) is 4.69. The monoisotopic (exact) mass is 253 g/mol. The zero-order chi connectivity index (χ0) is 13.4. The Hall–Kier alpha value is -0.930. The summed E-state index contributed by atoms with van der Waals surface area (Å²) in [6.07, 6.45) is 3.24. The summed E-state index contributed by atoms with van der Waals surface area (Å²) in [5.41, 5.74) is 1.02. The van der Waals surface area contributed by atoms with E-state index in [1.54, 1.807) is 19.2 Å². The highest BCUT2D eigenvalue weighted by molar-refractivity contribution is 5.20. The van der Waals surface area contributed by atoms with Crippen molar-refractivity contribution in [3.63, 3.8) is 0 Å². The molecule has 1 N–H and O–H groups in total. The fourth-order valence-electron chi connectivity index (χ4n) is 1.95. The molecular formula is C15H24FNO. The van der Waals surface area contributed by atoms with Crippen molar-refractivity contribution in [3.05, 3.63) is 35.6 Å². The van der Waals surface area contributed by atoms with Gasteiger partial charge < -0.3 is 10.1 Å². The molecule has 0 aliphatic heterocycles. The van der Waals surface area contributed by atoms with Crippen LogP contribution in [-0.4, -0.2) is 19.8 Å². The van der Waals surface area contributed by atoms with E-state index in [0.29, 0.717) is 0 Å². The van der Waals surface area contributed by atoms with Crippen LogP contribution < -0.4 is 5.32 Å². The fraction of sp³-hybridized carbons (Fsp3) is 0.600. The topological polar surface area (TPSA) is 21.3 Å². The Labute approximate surface area is 110 Å². The van der Waals surface area contributed by atoms with Crippen molar-refractivity contribution >= 4 is 0 Å². The molecule has 0 fully saturated rings. The number of halogens is 1. The zero-order valence-corrected chi connectivity index (χ0v) is 11.6. The summed E-state index contributed by atoms with van der Waals surface area (Å²) in [4.78, 5) is 0. The summed E-state index contributed by atoms with van der Waals surface area (Å²) in [7, 11) is 1.72. The van der Waals surface area contributed by atoms with Crippen molar-refractivity contribution < 1.29 is 9.13 Å². The molecule has 0 aliphatic carbocycles. The molecule has 1 aromatic carbocycles. The largest absolute Gasteiger partial charge is 0.382 e. The van der Waals surface area contributed by atoms with Crippen molar-refractivity contribution in [2.24, 2.45) is 0 Å². The zero-order valence-electron chi connectivity index (χ0n) is 11.6. The van der Waals surface area contributed by atoms with Gasteiger partial charge in [-0.15, -0.1) is 0 Å². The van der Waals surface area contributed by atoms with Gasteiger partial charge in [0.1, 0.15) is 5.82 Å². The quantitative estimate of drug-likeness (QED) is 0.763. The summed E-state index contributed by atoms with van der Waals surface area (Å²) in [6.45, 7) is 5.14. The lowest BCUT2D eigenvalue weighted by molar-refractivity contribution is 0.106. The van der Waals surface area contributed by atoms with E-state index in [1.165, 1.54) is 6.07 Å². The first kappa shape index (κ1) is 15.1. The molecule has 2 atom stereocenters. The van der Waals surface area contributed by atoms with Gasteiger partial charge in [0.2, 0.25) is 0 Å². The number of ether oxygens (including phenoxy) is 1. The first-order chi connectivity index (χ1) is 8.67. The van der Waals surface area contributed by atoms with Gasteiger partial charge in [0.05, 0.1) is 6.10 Å². The standard InChI is InChI=1S/C15H24FNO/c1-4-10-17-15(9-8-12(2)18-3)13-6-5-7-14(16)11-13/h5-7,11-12,15,17H,4,8-10H2,1-3H3. The molecule has 0 aromatic heterocycles. The van der Waals surface area contributed by atoms with E-state index in [0.717, 1.165) is 31.4 Å². The van der Waals surface area contributed by atoms with E-state index in [-0.39, 0.29) is 18.0 Å². The molecule has 0 aliphatic rings. The second-order valence-electron chi connectivity index (χ2n) is 4.69. The molecule has 0 saturated heterocycles. The second kappa shape index (κ2) is 8.22. The molecule has 0 amide bonds. The van der Waals surface area contributed by atoms with Crippen LogP contribution in [0, 0.1) is 5.82 Å². The Morgan fingerprint density at radius 1 is 1.33 bits per heavy atom. The maximum absolute atomic E-state index is 13.3. The summed E-state index contributed by atoms with van der Waals surface area (Å²) in [6, 6.07) is 7.06. The summed E-state index contributed by atoms with van der Waals surface area (Å²) in [5, 5.41) is 3.47. The van der Waals surface area contributed by atoms with Crippen LogP contribution in [0.4, 0.5) is 4.39 Å². The van der Waals surface area contributed by atoms with E-state index in [2.05, 4.69) is 19.2 Å². The molecule has 0 spiro atoms. The maximum Gasteiger partial charge on any atom is 0.123 e. The summed E-state index contributed by atoms with van der Waals surface area (Å²) in [5.74, 6) is -0.171. The number of nitrogens with one attached hydrogen (secondary N) is 1. The van der Waals surface area contributed by atoms with Crippen LogP contribution in [0.5, 0.6) is 0 Å². The van der Waals surface area contributed by atoms with Crippen LogP contribution in [0.1, 0.15) is 44.7 Å². The van der Waals surface area contributed by atoms with Crippen molar-refractivity contribution in [1.82, 2.24) is 5.32 Å². The van der Waals surface area contributed by atoms with Gasteiger partial charge >= 0.3 is 0 Å². The molecule has 2 nitrogen and oxygen atoms in total. The summed E-state index contributed by atoms with van der Waals surface area (Å²) >= 11 is 0. The van der Waals surface area contributed by atoms with Gasteiger partial charge in [-0.25, -0.2) is 4.39 Å². The van der Waals surface area contributed by atoms with E-state index < -0.39 is 0 Å². The highest BCUT2D eigenvalue weighted by Gasteiger charge is 2.12. The van der Waals surface area contributed by atoms with Gasteiger partial charge in [0, 0.05) is 13.2 Å². The number of methoxy groups -OCH3 is 1. The van der Waals surface area contributed by atoms with Gasteiger partial charge in [-0.05, 0) is 50.4 Å². The molecule has 18 heavy (non-hydrogen) atoms. The average Bonchev–Trinajstić information content (AvgIpc) is 2.38. The third-order valence-electron chi connectivity index (χ3n) is 3.16. The minimum absolute atomic E-state index is 0.171. The molecule has 0 heterocycles. The third-order valence-corrected chi connectivity index (χ3v) is 3.16. The number of rotatable bonds is 8. The Bertz CT molecular complexity index is 343. The van der Waals surface area contributed by atoms with Crippen molar-refractivity contribution in [2.75, 3.05) is 13.7 Å². The molecule has 0 radical (unpaired) electrons. The normalized spacial score (nSPS) is 14.4. The van der Waals surface area contributed by atoms with Crippen LogP contribution in [0.25, 0.3) is 0 Å². The minimum atomic E-state index is -0.171. The van der Waals surface area contributed by atoms with Crippen LogP contribution in [0.2, 0.25) is 0 Å². The van der Waals surface area contributed by atoms with Crippen molar-refractivity contribution in [2.45, 2.75) is 45.3 Å². The number of benzene rings is 1. The average molecular weight is 253 g/mol. The van der Waals surface area contributed by atoms with E-state index in [9.17, 15) is 4.39 Å². The SMILES string of the molecule is CCCNC(CCC(C)OC)c1cccc(F)c1. The van der Waals surface area contributed by atoms with Gasteiger partial charge in [0.25, 0.3) is 0 Å². The number of hydrogen-bond acceptors (Lipinski definition) is 2. The summed E-state index contributed by atoms with van der Waals surface area (Å²) < 4.78 is 18.5. The van der Waals surface area contributed by atoms with Crippen LogP contribution >= 0.6 is 0 Å². The molecule has 1 aromatic rings. The lowest BCUT2D eigenvalue weighted by Gasteiger charge is -2.20. The van der Waals surface area contributed by atoms with Gasteiger partial charge in [0.15, 0.2) is 0 Å². The Kier molecular flexibility index (Phi) is 6.91. The molecular weight excluding hydrogens is 229 g/mol. The highest BCUT2D eigenvalue weighted by Crippen LogP contribution is 2.20. The first-order valence-electron chi connectivity index (χ1n) is 6.69. The van der Waals surface area contributed by atoms with Crippen LogP contribution in [0.3, 0.4) is 0 Å². The first-order valence-corrected chi connectivity index (χ1v) is 6.69. The molecule has 0 bridgehead atoms. The van der Waals surface area contributed by atoms with E-state index in [4.69, 9.17) is 4.74 Å². The van der Waals surface area contributed by atoms with E-state index in [1.807, 2.05) is 6.07 Å². The van der Waals surface area contributed by atoms with Gasteiger partial charge in [-0.3, -0.25) is 0 Å². The molecule has 0 saturated carbocycles. The predicted octanol–water partition coefficient (Wildman–Crippen LogP) is 3.68. The highest BCUT2D eigenvalue weighted by atomic mass is 19.1. The molecule has 102 valence electrons. The Balaban J connectivity index is 2.65. The minimum Gasteiger partial charge on any atom is -0.382 e. The van der Waals surface area contributed by atoms with Crippen molar-refractivity contribution in [3.8, 4) is 0 Å².